The number of nitro benzene ring substituents is 1. The number of aromatic nitrogens is 2. The van der Waals surface area contributed by atoms with Crippen LogP contribution in [0.5, 0.6) is 11.6 Å². The molecule has 0 saturated heterocycles. The summed E-state index contributed by atoms with van der Waals surface area (Å²) >= 11 is 11.3. The molecule has 8 heteroatoms. The van der Waals surface area contributed by atoms with Crippen LogP contribution in [0.25, 0.3) is 0 Å². The molecule has 2 rings (SSSR count). The number of nitrogens with zero attached hydrogens (tertiary/aromatic N) is 3. The van der Waals surface area contributed by atoms with Gasteiger partial charge in [-0.1, -0.05) is 23.2 Å². The summed E-state index contributed by atoms with van der Waals surface area (Å²) < 4.78 is 5.31. The van der Waals surface area contributed by atoms with E-state index in [0.29, 0.717) is 5.75 Å². The minimum atomic E-state index is -0.575. The Labute approximate surface area is 111 Å². The summed E-state index contributed by atoms with van der Waals surface area (Å²) in [4.78, 5) is 10.00. The van der Waals surface area contributed by atoms with E-state index in [1.54, 1.807) is 0 Å². The Morgan fingerprint density at radius 2 is 1.94 bits per heavy atom. The van der Waals surface area contributed by atoms with Gasteiger partial charge in [0.1, 0.15) is 10.8 Å². The van der Waals surface area contributed by atoms with Gasteiger partial charge in [0.2, 0.25) is 5.88 Å². The SMILES string of the molecule is O=[N+]([O-])c1ccc(Oc2ccc(Cl)nn2)cc1Cl. The van der Waals surface area contributed by atoms with Gasteiger partial charge in [0, 0.05) is 18.2 Å². The van der Waals surface area contributed by atoms with Gasteiger partial charge in [0.15, 0.2) is 5.15 Å². The van der Waals surface area contributed by atoms with E-state index in [1.807, 2.05) is 0 Å². The fourth-order valence-corrected chi connectivity index (χ4v) is 1.52. The first-order chi connectivity index (χ1) is 8.56. The largest absolute Gasteiger partial charge is 0.437 e. The summed E-state index contributed by atoms with van der Waals surface area (Å²) in [5, 5.41) is 18.1. The zero-order valence-corrected chi connectivity index (χ0v) is 10.2. The van der Waals surface area contributed by atoms with Crippen LogP contribution in [0.2, 0.25) is 10.2 Å². The molecule has 0 saturated carbocycles. The van der Waals surface area contributed by atoms with E-state index in [2.05, 4.69) is 10.2 Å². The van der Waals surface area contributed by atoms with Crippen LogP contribution in [0.3, 0.4) is 0 Å². The fourth-order valence-electron chi connectivity index (χ4n) is 1.18. The van der Waals surface area contributed by atoms with Crippen LogP contribution in [0, 0.1) is 10.1 Å². The molecule has 0 amide bonds. The quantitative estimate of drug-likeness (QED) is 0.637. The molecular weight excluding hydrogens is 281 g/mol. The van der Waals surface area contributed by atoms with Crippen LogP contribution in [0.4, 0.5) is 5.69 Å². The summed E-state index contributed by atoms with van der Waals surface area (Å²) in [6.45, 7) is 0. The summed E-state index contributed by atoms with van der Waals surface area (Å²) in [5.41, 5.74) is -0.189. The monoisotopic (exact) mass is 285 g/mol. The number of nitro groups is 1. The third-order valence-electron chi connectivity index (χ3n) is 1.95. The van der Waals surface area contributed by atoms with Crippen molar-refractivity contribution in [3.8, 4) is 11.6 Å². The van der Waals surface area contributed by atoms with Crippen molar-refractivity contribution in [2.24, 2.45) is 0 Å². The van der Waals surface area contributed by atoms with Gasteiger partial charge in [-0.05, 0) is 12.1 Å². The molecule has 0 unspecified atom stereocenters. The highest BCUT2D eigenvalue weighted by atomic mass is 35.5. The molecule has 92 valence electrons. The molecule has 1 aromatic carbocycles. The van der Waals surface area contributed by atoms with E-state index in [0.717, 1.165) is 0 Å². The van der Waals surface area contributed by atoms with Crippen molar-refractivity contribution in [2.75, 3.05) is 0 Å². The van der Waals surface area contributed by atoms with Gasteiger partial charge in [-0.2, -0.15) is 0 Å². The summed E-state index contributed by atoms with van der Waals surface area (Å²) in [6.07, 6.45) is 0. The predicted octanol–water partition coefficient (Wildman–Crippen LogP) is 3.48. The second-order valence-corrected chi connectivity index (χ2v) is 3.96. The number of benzene rings is 1. The average molecular weight is 286 g/mol. The second kappa shape index (κ2) is 5.16. The minimum absolute atomic E-state index is 0.0144. The van der Waals surface area contributed by atoms with E-state index in [-0.39, 0.29) is 21.7 Å². The molecule has 0 aliphatic carbocycles. The second-order valence-electron chi connectivity index (χ2n) is 3.17. The Morgan fingerprint density at radius 1 is 1.17 bits per heavy atom. The summed E-state index contributed by atoms with van der Waals surface area (Å²) in [6, 6.07) is 7.03. The van der Waals surface area contributed by atoms with Crippen molar-refractivity contribution in [2.45, 2.75) is 0 Å². The van der Waals surface area contributed by atoms with E-state index in [4.69, 9.17) is 27.9 Å². The Kier molecular flexibility index (Phi) is 3.59. The van der Waals surface area contributed by atoms with Crippen LogP contribution in [0.1, 0.15) is 0 Å². The standard InChI is InChI=1S/C10H5Cl2N3O3/c11-7-5-6(1-2-8(7)15(16)17)18-10-4-3-9(12)13-14-10/h1-5H. The summed E-state index contributed by atoms with van der Waals surface area (Å²) in [5.74, 6) is 0.534. The van der Waals surface area contributed by atoms with Crippen molar-refractivity contribution in [1.82, 2.24) is 10.2 Å². The van der Waals surface area contributed by atoms with E-state index >= 15 is 0 Å². The molecule has 2 aromatic rings. The fraction of sp³-hybridized carbons (Fsp3) is 0. The average Bonchev–Trinajstić information content (AvgIpc) is 2.32. The first-order valence-corrected chi connectivity index (χ1v) is 5.43. The smallest absolute Gasteiger partial charge is 0.288 e. The van der Waals surface area contributed by atoms with Gasteiger partial charge >= 0.3 is 0 Å². The molecule has 0 atom stereocenters. The Bertz CT molecular complexity index is 589. The van der Waals surface area contributed by atoms with Gasteiger partial charge in [-0.25, -0.2) is 0 Å². The van der Waals surface area contributed by atoms with Crippen LogP contribution in [-0.2, 0) is 0 Å². The van der Waals surface area contributed by atoms with Crippen molar-refractivity contribution in [1.29, 1.82) is 0 Å². The predicted molar refractivity (Wildman–Crippen MR) is 65.2 cm³/mol. The van der Waals surface area contributed by atoms with Gasteiger partial charge in [0.25, 0.3) is 5.69 Å². The molecule has 1 heterocycles. The summed E-state index contributed by atoms with van der Waals surface area (Å²) in [7, 11) is 0. The maximum Gasteiger partial charge on any atom is 0.288 e. The molecule has 0 fully saturated rings. The molecule has 0 radical (unpaired) electrons. The normalized spacial score (nSPS) is 10.1. The number of ether oxygens (including phenoxy) is 1. The lowest BCUT2D eigenvalue weighted by molar-refractivity contribution is -0.384. The zero-order valence-electron chi connectivity index (χ0n) is 8.71. The van der Waals surface area contributed by atoms with Crippen LogP contribution in [0.15, 0.2) is 30.3 Å². The number of halogens is 2. The van der Waals surface area contributed by atoms with Gasteiger partial charge < -0.3 is 4.74 Å². The van der Waals surface area contributed by atoms with Gasteiger partial charge in [0.05, 0.1) is 4.92 Å². The Hall–Kier alpha value is -1.92. The van der Waals surface area contributed by atoms with E-state index in [9.17, 15) is 10.1 Å². The van der Waals surface area contributed by atoms with Crippen LogP contribution < -0.4 is 4.74 Å². The zero-order chi connectivity index (χ0) is 13.1. The lowest BCUT2D eigenvalue weighted by atomic mass is 10.3. The molecule has 6 nitrogen and oxygen atoms in total. The van der Waals surface area contributed by atoms with Crippen molar-refractivity contribution >= 4 is 28.9 Å². The van der Waals surface area contributed by atoms with Crippen LogP contribution >= 0.6 is 23.2 Å². The molecule has 0 aliphatic rings. The Balaban J connectivity index is 2.22. The molecule has 1 aromatic heterocycles. The first-order valence-electron chi connectivity index (χ1n) is 4.67. The molecule has 0 bridgehead atoms. The molecular formula is C10H5Cl2N3O3. The number of hydrogen-bond acceptors (Lipinski definition) is 5. The molecule has 0 aliphatic heterocycles. The maximum absolute atomic E-state index is 10.6. The Morgan fingerprint density at radius 3 is 2.50 bits per heavy atom. The maximum atomic E-state index is 10.6. The van der Waals surface area contributed by atoms with Crippen molar-refractivity contribution in [3.63, 3.8) is 0 Å². The number of hydrogen-bond donors (Lipinski definition) is 0. The number of rotatable bonds is 3. The third kappa shape index (κ3) is 2.85. The minimum Gasteiger partial charge on any atom is -0.437 e. The lowest BCUT2D eigenvalue weighted by Gasteiger charge is -2.04. The van der Waals surface area contributed by atoms with Gasteiger partial charge in [-0.15, -0.1) is 10.2 Å². The highest BCUT2D eigenvalue weighted by Crippen LogP contribution is 2.30. The van der Waals surface area contributed by atoms with Crippen LogP contribution in [-0.4, -0.2) is 15.1 Å². The molecule has 18 heavy (non-hydrogen) atoms. The highest BCUT2D eigenvalue weighted by Gasteiger charge is 2.13. The van der Waals surface area contributed by atoms with Gasteiger partial charge in [-0.3, -0.25) is 10.1 Å². The first kappa shape index (κ1) is 12.5. The highest BCUT2D eigenvalue weighted by molar-refractivity contribution is 6.32. The lowest BCUT2D eigenvalue weighted by Crippen LogP contribution is -1.92. The topological polar surface area (TPSA) is 78.2 Å². The van der Waals surface area contributed by atoms with E-state index in [1.165, 1.54) is 30.3 Å². The van der Waals surface area contributed by atoms with Crippen molar-refractivity contribution < 1.29 is 9.66 Å². The van der Waals surface area contributed by atoms with E-state index < -0.39 is 4.92 Å². The molecule has 0 N–H and O–H groups in total. The third-order valence-corrected chi connectivity index (χ3v) is 2.45. The molecule has 0 spiro atoms. The van der Waals surface area contributed by atoms with Crippen molar-refractivity contribution in [3.05, 3.63) is 50.6 Å².